The van der Waals surface area contributed by atoms with E-state index in [4.69, 9.17) is 4.74 Å². The molecule has 1 N–H and O–H groups in total. The minimum absolute atomic E-state index is 0.103. The molecule has 0 saturated heterocycles. The van der Waals surface area contributed by atoms with E-state index >= 15 is 0 Å². The number of para-hydroxylation sites is 1. The topological polar surface area (TPSA) is 93.5 Å². The van der Waals surface area contributed by atoms with Gasteiger partial charge in [0.25, 0.3) is 11.5 Å². The Bertz CT molecular complexity index is 1170. The molecule has 0 unspecified atom stereocenters. The molecule has 0 fully saturated rings. The molecule has 32 heavy (non-hydrogen) atoms. The van der Waals surface area contributed by atoms with E-state index in [1.54, 1.807) is 48.4 Å². The van der Waals surface area contributed by atoms with E-state index < -0.39 is 11.5 Å². The molecule has 166 valence electrons. The number of amides is 2. The second-order valence-electron chi connectivity index (χ2n) is 7.02. The first-order chi connectivity index (χ1) is 15.5. The van der Waals surface area contributed by atoms with E-state index in [0.29, 0.717) is 41.3 Å². The zero-order chi connectivity index (χ0) is 23.1. The van der Waals surface area contributed by atoms with Crippen LogP contribution in [-0.4, -0.2) is 46.7 Å². The van der Waals surface area contributed by atoms with Crippen molar-refractivity contribution in [1.29, 1.82) is 0 Å². The standard InChI is InChI=1S/C24H26N4O4/c1-4-27(5-2)24(31)17-9-8-10-18(15-17)25-22(29)16-28-23(30)14-13-20(26-28)19-11-6-7-12-21(19)32-3/h6-15H,4-5,16H2,1-3H3,(H,25,29). The Hall–Kier alpha value is -3.94. The molecule has 3 rings (SSSR count). The first-order valence-corrected chi connectivity index (χ1v) is 10.4. The number of ether oxygens (including phenoxy) is 1. The second-order valence-corrected chi connectivity index (χ2v) is 7.02. The lowest BCUT2D eigenvalue weighted by Gasteiger charge is -2.19. The quantitative estimate of drug-likeness (QED) is 0.588. The van der Waals surface area contributed by atoms with Gasteiger partial charge in [0.05, 0.1) is 12.8 Å². The molecule has 0 spiro atoms. The Morgan fingerprint density at radius 1 is 1.03 bits per heavy atom. The molecule has 1 aromatic heterocycles. The normalized spacial score (nSPS) is 10.5. The van der Waals surface area contributed by atoms with Crippen LogP contribution in [0.3, 0.4) is 0 Å². The van der Waals surface area contributed by atoms with Crippen LogP contribution in [0.25, 0.3) is 11.3 Å². The number of benzene rings is 2. The van der Waals surface area contributed by atoms with E-state index in [1.807, 2.05) is 32.0 Å². The molecular formula is C24H26N4O4. The molecule has 2 amide bonds. The van der Waals surface area contributed by atoms with Crippen molar-refractivity contribution in [3.63, 3.8) is 0 Å². The lowest BCUT2D eigenvalue weighted by atomic mass is 10.1. The number of nitrogens with one attached hydrogen (secondary N) is 1. The molecule has 1 heterocycles. The molecule has 8 heteroatoms. The molecule has 0 radical (unpaired) electrons. The molecule has 0 bridgehead atoms. The zero-order valence-corrected chi connectivity index (χ0v) is 18.4. The number of hydrogen-bond acceptors (Lipinski definition) is 5. The van der Waals surface area contributed by atoms with Gasteiger partial charge in [-0.2, -0.15) is 5.10 Å². The van der Waals surface area contributed by atoms with E-state index in [-0.39, 0.29) is 12.5 Å². The predicted molar refractivity (Wildman–Crippen MR) is 123 cm³/mol. The van der Waals surface area contributed by atoms with Crippen LogP contribution in [0.15, 0.2) is 65.5 Å². The van der Waals surface area contributed by atoms with Gasteiger partial charge >= 0.3 is 0 Å². The highest BCUT2D eigenvalue weighted by molar-refractivity contribution is 5.97. The molecule has 2 aromatic carbocycles. The third-order valence-corrected chi connectivity index (χ3v) is 4.99. The SMILES string of the molecule is CCN(CC)C(=O)c1cccc(NC(=O)Cn2nc(-c3ccccc3OC)ccc2=O)c1. The van der Waals surface area contributed by atoms with E-state index in [9.17, 15) is 14.4 Å². The summed E-state index contributed by atoms with van der Waals surface area (Å²) in [6.45, 7) is 4.76. The molecule has 8 nitrogen and oxygen atoms in total. The van der Waals surface area contributed by atoms with Gasteiger partial charge < -0.3 is 15.0 Å². The highest BCUT2D eigenvalue weighted by atomic mass is 16.5. The average molecular weight is 434 g/mol. The highest BCUT2D eigenvalue weighted by Crippen LogP contribution is 2.27. The fourth-order valence-electron chi connectivity index (χ4n) is 3.32. The Labute approximate surface area is 186 Å². The predicted octanol–water partition coefficient (Wildman–Crippen LogP) is 3.04. The molecule has 0 aliphatic rings. The van der Waals surface area contributed by atoms with Crippen LogP contribution in [-0.2, 0) is 11.3 Å². The maximum Gasteiger partial charge on any atom is 0.267 e. The van der Waals surface area contributed by atoms with Crippen LogP contribution in [0.5, 0.6) is 5.75 Å². The summed E-state index contributed by atoms with van der Waals surface area (Å²) >= 11 is 0. The highest BCUT2D eigenvalue weighted by Gasteiger charge is 2.14. The number of nitrogens with zero attached hydrogens (tertiary/aromatic N) is 3. The van der Waals surface area contributed by atoms with Crippen molar-refractivity contribution >= 4 is 17.5 Å². The third kappa shape index (κ3) is 5.21. The van der Waals surface area contributed by atoms with Crippen LogP contribution in [0, 0.1) is 0 Å². The van der Waals surface area contributed by atoms with Crippen LogP contribution >= 0.6 is 0 Å². The minimum atomic E-state index is -0.427. The van der Waals surface area contributed by atoms with Gasteiger partial charge in [-0.25, -0.2) is 4.68 Å². The van der Waals surface area contributed by atoms with Crippen molar-refractivity contribution < 1.29 is 14.3 Å². The lowest BCUT2D eigenvalue weighted by Crippen LogP contribution is -2.31. The Kier molecular flexibility index (Phi) is 7.38. The maximum atomic E-state index is 12.6. The number of rotatable bonds is 8. The van der Waals surface area contributed by atoms with Gasteiger partial charge in [-0.15, -0.1) is 0 Å². The average Bonchev–Trinajstić information content (AvgIpc) is 2.81. The van der Waals surface area contributed by atoms with Crippen LogP contribution < -0.4 is 15.6 Å². The van der Waals surface area contributed by atoms with Gasteiger partial charge in [0.1, 0.15) is 12.3 Å². The fourth-order valence-corrected chi connectivity index (χ4v) is 3.32. The van der Waals surface area contributed by atoms with Crippen LogP contribution in [0.2, 0.25) is 0 Å². The van der Waals surface area contributed by atoms with E-state index in [0.717, 1.165) is 4.68 Å². The Morgan fingerprint density at radius 2 is 1.78 bits per heavy atom. The van der Waals surface area contributed by atoms with Gasteiger partial charge in [0.15, 0.2) is 0 Å². The third-order valence-electron chi connectivity index (χ3n) is 4.99. The number of aromatic nitrogens is 2. The molecule has 0 aliphatic carbocycles. The maximum absolute atomic E-state index is 12.6. The summed E-state index contributed by atoms with van der Waals surface area (Å²) in [7, 11) is 1.56. The first-order valence-electron chi connectivity index (χ1n) is 10.4. The van der Waals surface area contributed by atoms with Gasteiger partial charge in [0.2, 0.25) is 5.91 Å². The summed E-state index contributed by atoms with van der Waals surface area (Å²) in [6.07, 6.45) is 0. The number of carbonyl (C=O) groups excluding carboxylic acids is 2. The molecule has 0 aliphatic heterocycles. The fraction of sp³-hybridized carbons (Fsp3) is 0.250. The number of carbonyl (C=O) groups is 2. The van der Waals surface area contributed by atoms with Gasteiger partial charge in [-0.1, -0.05) is 18.2 Å². The van der Waals surface area contributed by atoms with Crippen molar-refractivity contribution in [3.05, 3.63) is 76.6 Å². The van der Waals surface area contributed by atoms with Gasteiger partial charge in [0, 0.05) is 36.0 Å². The van der Waals surface area contributed by atoms with E-state index in [1.165, 1.54) is 6.07 Å². The summed E-state index contributed by atoms with van der Waals surface area (Å²) in [5.74, 6) is 0.0852. The Balaban J connectivity index is 1.78. The lowest BCUT2D eigenvalue weighted by molar-refractivity contribution is -0.117. The number of methoxy groups -OCH3 is 1. The second kappa shape index (κ2) is 10.4. The van der Waals surface area contributed by atoms with Gasteiger partial charge in [-0.3, -0.25) is 14.4 Å². The molecule has 0 saturated carbocycles. The first kappa shape index (κ1) is 22.7. The molecule has 3 aromatic rings. The van der Waals surface area contributed by atoms with Crippen molar-refractivity contribution in [3.8, 4) is 17.0 Å². The number of anilines is 1. The molecule has 0 atom stereocenters. The van der Waals surface area contributed by atoms with E-state index in [2.05, 4.69) is 10.4 Å². The number of hydrogen-bond donors (Lipinski definition) is 1. The smallest absolute Gasteiger partial charge is 0.267 e. The van der Waals surface area contributed by atoms with Crippen LogP contribution in [0.4, 0.5) is 5.69 Å². The zero-order valence-electron chi connectivity index (χ0n) is 18.4. The molecular weight excluding hydrogens is 408 g/mol. The van der Waals surface area contributed by atoms with Crippen molar-refractivity contribution in [2.45, 2.75) is 20.4 Å². The summed E-state index contributed by atoms with van der Waals surface area (Å²) < 4.78 is 6.45. The summed E-state index contributed by atoms with van der Waals surface area (Å²) in [5.41, 5.74) is 1.79. The summed E-state index contributed by atoms with van der Waals surface area (Å²) in [4.78, 5) is 39.1. The van der Waals surface area contributed by atoms with Crippen molar-refractivity contribution in [1.82, 2.24) is 14.7 Å². The Morgan fingerprint density at radius 3 is 2.50 bits per heavy atom. The summed E-state index contributed by atoms with van der Waals surface area (Å²) in [5, 5.41) is 7.06. The van der Waals surface area contributed by atoms with Crippen molar-refractivity contribution in [2.75, 3.05) is 25.5 Å². The van der Waals surface area contributed by atoms with Crippen molar-refractivity contribution in [2.24, 2.45) is 0 Å². The van der Waals surface area contributed by atoms with Gasteiger partial charge in [-0.05, 0) is 50.2 Å². The summed E-state index contributed by atoms with van der Waals surface area (Å²) in [6, 6.07) is 17.0. The minimum Gasteiger partial charge on any atom is -0.496 e. The monoisotopic (exact) mass is 434 g/mol. The van der Waals surface area contributed by atoms with Crippen LogP contribution in [0.1, 0.15) is 24.2 Å². The largest absolute Gasteiger partial charge is 0.496 e.